The molecule has 0 saturated carbocycles. The molecule has 0 fully saturated rings. The first kappa shape index (κ1) is 12.3. The van der Waals surface area contributed by atoms with Gasteiger partial charge in [0.2, 0.25) is 0 Å². The molecule has 3 N–H and O–H groups in total. The fraction of sp³-hybridized carbons (Fsp3) is 0.231. The van der Waals surface area contributed by atoms with Crippen LogP contribution in [0.25, 0.3) is 10.2 Å². The number of nitrogens with zero attached hydrogens (tertiary/aromatic N) is 3. The number of benzene rings is 1. The number of fused-ring (bicyclic) bond motifs is 1. The highest BCUT2D eigenvalue weighted by Crippen LogP contribution is 2.25. The van der Waals surface area contributed by atoms with Gasteiger partial charge in [0, 0.05) is 25.2 Å². The molecule has 3 rings (SSSR count). The van der Waals surface area contributed by atoms with Gasteiger partial charge in [0.05, 0.1) is 27.5 Å². The van der Waals surface area contributed by atoms with Crippen LogP contribution in [0, 0.1) is 0 Å². The summed E-state index contributed by atoms with van der Waals surface area (Å²) in [5, 5.41) is 5.25. The van der Waals surface area contributed by atoms with Gasteiger partial charge in [0.1, 0.15) is 0 Å². The van der Waals surface area contributed by atoms with Crippen molar-refractivity contribution in [3.63, 3.8) is 0 Å². The minimum atomic E-state index is 0.0364. The van der Waals surface area contributed by atoms with Crippen molar-refractivity contribution in [1.29, 1.82) is 0 Å². The Kier molecular flexibility index (Phi) is 3.29. The third kappa shape index (κ3) is 2.51. The number of nitrogens with two attached hydrogens (primary N) is 1. The quantitative estimate of drug-likeness (QED) is 0.561. The molecule has 0 spiro atoms. The maximum absolute atomic E-state index is 5.65. The Morgan fingerprint density at radius 2 is 2.26 bits per heavy atom. The number of hydrogen-bond acceptors (Lipinski definition) is 5. The van der Waals surface area contributed by atoms with Gasteiger partial charge in [-0.25, -0.2) is 4.98 Å². The molecule has 5 nitrogen and oxygen atoms in total. The van der Waals surface area contributed by atoms with E-state index in [1.54, 1.807) is 16.0 Å². The van der Waals surface area contributed by atoms with Crippen molar-refractivity contribution in [2.24, 2.45) is 12.9 Å². The van der Waals surface area contributed by atoms with Gasteiger partial charge < -0.3 is 0 Å². The Bertz CT molecular complexity index is 654. The highest BCUT2D eigenvalue weighted by molar-refractivity contribution is 7.18. The van der Waals surface area contributed by atoms with Crippen LogP contribution in [0.4, 0.5) is 0 Å². The lowest BCUT2D eigenvalue weighted by molar-refractivity contribution is 0.550. The molecule has 2 heterocycles. The van der Waals surface area contributed by atoms with E-state index in [2.05, 4.69) is 21.6 Å². The number of para-hydroxylation sites is 1. The number of hydrogen-bond donors (Lipinski definition) is 2. The summed E-state index contributed by atoms with van der Waals surface area (Å²) in [6.45, 7) is 0. The van der Waals surface area contributed by atoms with Gasteiger partial charge in [-0.1, -0.05) is 12.1 Å². The van der Waals surface area contributed by atoms with Crippen LogP contribution < -0.4 is 11.3 Å². The van der Waals surface area contributed by atoms with Gasteiger partial charge in [0.25, 0.3) is 0 Å². The highest BCUT2D eigenvalue weighted by Gasteiger charge is 2.15. The van der Waals surface area contributed by atoms with Crippen LogP contribution in [-0.4, -0.2) is 14.8 Å². The largest absolute Gasteiger partial charge is 0.275 e. The average molecular weight is 273 g/mol. The summed E-state index contributed by atoms with van der Waals surface area (Å²) < 4.78 is 2.98. The Hall–Kier alpha value is -1.76. The van der Waals surface area contributed by atoms with Crippen LogP contribution in [0.15, 0.2) is 36.7 Å². The standard InChI is InChI=1S/C13H15N5S/c1-18-8-9(7-15-18)11(17-14)6-13-16-10-4-2-3-5-12(10)19-13/h2-5,7-8,11,17H,6,14H2,1H3. The van der Waals surface area contributed by atoms with E-state index in [1.807, 2.05) is 37.6 Å². The average Bonchev–Trinajstić information content (AvgIpc) is 3.01. The molecule has 1 aromatic carbocycles. The zero-order chi connectivity index (χ0) is 13.2. The number of aromatic nitrogens is 3. The summed E-state index contributed by atoms with van der Waals surface area (Å²) in [6.07, 6.45) is 4.57. The molecule has 2 aromatic heterocycles. The molecule has 0 bridgehead atoms. The predicted molar refractivity (Wildman–Crippen MR) is 76.6 cm³/mol. The van der Waals surface area contributed by atoms with E-state index in [0.717, 1.165) is 22.5 Å². The Morgan fingerprint density at radius 1 is 1.42 bits per heavy atom. The first-order valence-corrected chi connectivity index (χ1v) is 6.87. The summed E-state index contributed by atoms with van der Waals surface area (Å²) in [4.78, 5) is 4.63. The molecule has 1 atom stereocenters. The Balaban J connectivity index is 1.86. The third-order valence-electron chi connectivity index (χ3n) is 3.05. The molecule has 0 radical (unpaired) electrons. The zero-order valence-corrected chi connectivity index (χ0v) is 11.4. The first-order valence-electron chi connectivity index (χ1n) is 6.05. The van der Waals surface area contributed by atoms with Gasteiger partial charge in [-0.2, -0.15) is 5.10 Å². The van der Waals surface area contributed by atoms with E-state index >= 15 is 0 Å². The smallest absolute Gasteiger partial charge is 0.0958 e. The second-order valence-corrected chi connectivity index (χ2v) is 5.56. The highest BCUT2D eigenvalue weighted by atomic mass is 32.1. The monoisotopic (exact) mass is 273 g/mol. The molecule has 0 aliphatic carbocycles. The van der Waals surface area contributed by atoms with Crippen molar-refractivity contribution in [3.05, 3.63) is 47.2 Å². The summed E-state index contributed by atoms with van der Waals surface area (Å²) in [7, 11) is 1.90. The number of aryl methyl sites for hydroxylation is 1. The van der Waals surface area contributed by atoms with E-state index in [9.17, 15) is 0 Å². The Morgan fingerprint density at radius 3 is 2.95 bits per heavy atom. The SMILES string of the molecule is Cn1cc(C(Cc2nc3ccccc3s2)NN)cn1. The van der Waals surface area contributed by atoms with E-state index in [1.165, 1.54) is 4.70 Å². The van der Waals surface area contributed by atoms with Gasteiger partial charge in [0.15, 0.2) is 0 Å². The second kappa shape index (κ2) is 5.08. The molecule has 1 unspecified atom stereocenters. The van der Waals surface area contributed by atoms with E-state index in [4.69, 9.17) is 5.84 Å². The molecule has 0 amide bonds. The van der Waals surface area contributed by atoms with Gasteiger partial charge >= 0.3 is 0 Å². The van der Waals surface area contributed by atoms with Crippen LogP contribution in [0.5, 0.6) is 0 Å². The van der Waals surface area contributed by atoms with Crippen LogP contribution >= 0.6 is 11.3 Å². The van der Waals surface area contributed by atoms with Gasteiger partial charge in [-0.05, 0) is 12.1 Å². The normalized spacial score (nSPS) is 12.9. The molecular weight excluding hydrogens is 258 g/mol. The minimum absolute atomic E-state index is 0.0364. The molecule has 3 aromatic rings. The second-order valence-electron chi connectivity index (χ2n) is 4.45. The number of thiazole rings is 1. The van der Waals surface area contributed by atoms with Crippen LogP contribution in [-0.2, 0) is 13.5 Å². The maximum Gasteiger partial charge on any atom is 0.0958 e. The molecule has 0 saturated heterocycles. The van der Waals surface area contributed by atoms with E-state index in [0.29, 0.717) is 0 Å². The molecule has 0 aliphatic rings. The number of rotatable bonds is 4. The fourth-order valence-electron chi connectivity index (χ4n) is 2.07. The third-order valence-corrected chi connectivity index (χ3v) is 4.10. The molecule has 19 heavy (non-hydrogen) atoms. The van der Waals surface area contributed by atoms with Crippen molar-refractivity contribution in [1.82, 2.24) is 20.2 Å². The van der Waals surface area contributed by atoms with Crippen LogP contribution in [0.1, 0.15) is 16.6 Å². The summed E-state index contributed by atoms with van der Waals surface area (Å²) in [5.74, 6) is 5.65. The van der Waals surface area contributed by atoms with Crippen molar-refractivity contribution in [3.8, 4) is 0 Å². The van der Waals surface area contributed by atoms with Crippen molar-refractivity contribution >= 4 is 21.6 Å². The molecular formula is C13H15N5S. The molecule has 98 valence electrons. The summed E-state index contributed by atoms with van der Waals surface area (Å²) >= 11 is 1.71. The first-order chi connectivity index (χ1) is 9.26. The number of nitrogens with one attached hydrogen (secondary N) is 1. The fourth-order valence-corrected chi connectivity index (χ4v) is 3.09. The van der Waals surface area contributed by atoms with Crippen molar-refractivity contribution < 1.29 is 0 Å². The van der Waals surface area contributed by atoms with Crippen molar-refractivity contribution in [2.75, 3.05) is 0 Å². The van der Waals surface area contributed by atoms with E-state index in [-0.39, 0.29) is 6.04 Å². The lowest BCUT2D eigenvalue weighted by Gasteiger charge is -2.11. The van der Waals surface area contributed by atoms with Crippen LogP contribution in [0.3, 0.4) is 0 Å². The predicted octanol–water partition coefficient (Wildman–Crippen LogP) is 1.78. The van der Waals surface area contributed by atoms with Crippen molar-refractivity contribution in [2.45, 2.75) is 12.5 Å². The lowest BCUT2D eigenvalue weighted by atomic mass is 10.1. The number of hydrazine groups is 1. The minimum Gasteiger partial charge on any atom is -0.275 e. The summed E-state index contributed by atoms with van der Waals surface area (Å²) in [6, 6.07) is 8.19. The van der Waals surface area contributed by atoms with Crippen LogP contribution in [0.2, 0.25) is 0 Å². The lowest BCUT2D eigenvalue weighted by Crippen LogP contribution is -2.29. The van der Waals surface area contributed by atoms with Gasteiger partial charge in [-0.3, -0.25) is 16.0 Å². The maximum atomic E-state index is 5.65. The molecule has 6 heteroatoms. The topological polar surface area (TPSA) is 68.8 Å². The summed E-state index contributed by atoms with van der Waals surface area (Å²) in [5.41, 5.74) is 4.96. The Labute approximate surface area is 115 Å². The van der Waals surface area contributed by atoms with Gasteiger partial charge in [-0.15, -0.1) is 11.3 Å². The van der Waals surface area contributed by atoms with E-state index < -0.39 is 0 Å². The zero-order valence-electron chi connectivity index (χ0n) is 10.6. The molecule has 0 aliphatic heterocycles.